The van der Waals surface area contributed by atoms with E-state index in [-0.39, 0.29) is 11.5 Å². The highest BCUT2D eigenvalue weighted by molar-refractivity contribution is 5.10. The van der Waals surface area contributed by atoms with Crippen LogP contribution in [-0.4, -0.2) is 51.3 Å². The minimum atomic E-state index is -0.0511. The van der Waals surface area contributed by atoms with Crippen molar-refractivity contribution in [2.75, 3.05) is 26.2 Å². The Kier molecular flexibility index (Phi) is 4.73. The lowest BCUT2D eigenvalue weighted by Gasteiger charge is -2.31. The molecule has 1 saturated heterocycles. The van der Waals surface area contributed by atoms with Gasteiger partial charge in [0, 0.05) is 37.4 Å². The maximum atomic E-state index is 5.89. The maximum absolute atomic E-state index is 5.89. The summed E-state index contributed by atoms with van der Waals surface area (Å²) in [5, 5.41) is 7.40. The molecule has 3 heterocycles. The molecule has 0 saturated carbocycles. The van der Waals surface area contributed by atoms with Crippen LogP contribution in [0.1, 0.15) is 44.1 Å². The summed E-state index contributed by atoms with van der Waals surface area (Å²) >= 11 is 0. The van der Waals surface area contributed by atoms with Crippen molar-refractivity contribution in [3.05, 3.63) is 41.7 Å². The molecule has 1 aliphatic heterocycles. The quantitative estimate of drug-likeness (QED) is 0.936. The predicted octanol–water partition coefficient (Wildman–Crippen LogP) is 2.11. The molecule has 2 aromatic heterocycles. The average molecular weight is 315 g/mol. The van der Waals surface area contributed by atoms with Gasteiger partial charge in [-0.25, -0.2) is 4.98 Å². The van der Waals surface area contributed by atoms with Crippen LogP contribution in [0.4, 0.5) is 0 Å². The van der Waals surface area contributed by atoms with Gasteiger partial charge >= 0.3 is 0 Å². The molecule has 0 aromatic carbocycles. The van der Waals surface area contributed by atoms with Crippen LogP contribution in [0.25, 0.3) is 0 Å². The topological polar surface area (TPSA) is 66.9 Å². The summed E-state index contributed by atoms with van der Waals surface area (Å²) in [6.07, 6.45) is 4.70. The molecule has 0 amide bonds. The van der Waals surface area contributed by atoms with E-state index in [2.05, 4.69) is 58.0 Å². The number of rotatable bonds is 4. The van der Waals surface area contributed by atoms with Gasteiger partial charge in [-0.05, 0) is 24.1 Å². The number of H-pyrrole nitrogens is 1. The lowest BCUT2D eigenvalue weighted by Crippen LogP contribution is -2.39. The molecule has 0 radical (unpaired) electrons. The number of aromatic nitrogens is 4. The fourth-order valence-electron chi connectivity index (χ4n) is 2.66. The van der Waals surface area contributed by atoms with Gasteiger partial charge in [-0.1, -0.05) is 20.8 Å². The molecule has 6 heteroatoms. The molecule has 1 atom stereocenters. The number of nitrogens with one attached hydrogen (secondary N) is 1. The van der Waals surface area contributed by atoms with Crippen molar-refractivity contribution in [3.63, 3.8) is 0 Å². The highest BCUT2D eigenvalue weighted by atomic mass is 16.5. The summed E-state index contributed by atoms with van der Waals surface area (Å²) in [4.78, 5) is 11.1. The molecular formula is C17H25N5O. The van der Waals surface area contributed by atoms with Gasteiger partial charge in [-0.15, -0.1) is 0 Å². The molecular weight excluding hydrogens is 290 g/mol. The first-order chi connectivity index (χ1) is 11.0. The predicted molar refractivity (Wildman–Crippen MR) is 88.2 cm³/mol. The first-order valence-electron chi connectivity index (χ1n) is 8.18. The van der Waals surface area contributed by atoms with Gasteiger partial charge in [0.2, 0.25) is 0 Å². The van der Waals surface area contributed by atoms with Crippen molar-refractivity contribution in [1.29, 1.82) is 0 Å². The Morgan fingerprint density at radius 3 is 2.78 bits per heavy atom. The highest BCUT2D eigenvalue weighted by Crippen LogP contribution is 2.23. The van der Waals surface area contributed by atoms with Gasteiger partial charge in [0.15, 0.2) is 11.6 Å². The molecule has 0 unspecified atom stereocenters. The standard InChI is InChI=1S/C17H25N5O/c1-17(2,3)16-19-15(20-21-16)14-12-22(10-11-23-14)9-6-13-4-7-18-8-5-13/h4-5,7-8,14H,6,9-12H2,1-3H3,(H,19,20,21)/t14-/m0/s1. The van der Waals surface area contributed by atoms with Crippen molar-refractivity contribution in [2.45, 2.75) is 38.7 Å². The van der Waals surface area contributed by atoms with Crippen molar-refractivity contribution in [1.82, 2.24) is 25.1 Å². The van der Waals surface area contributed by atoms with Gasteiger partial charge in [0.05, 0.1) is 6.61 Å². The molecule has 2 aromatic rings. The van der Waals surface area contributed by atoms with E-state index in [0.29, 0.717) is 0 Å². The number of morpholine rings is 1. The fourth-order valence-corrected chi connectivity index (χ4v) is 2.66. The summed E-state index contributed by atoms with van der Waals surface area (Å²) in [6, 6.07) is 4.15. The summed E-state index contributed by atoms with van der Waals surface area (Å²) in [5.74, 6) is 1.67. The van der Waals surface area contributed by atoms with E-state index in [9.17, 15) is 0 Å². The van der Waals surface area contributed by atoms with E-state index in [1.807, 2.05) is 12.4 Å². The van der Waals surface area contributed by atoms with Crippen LogP contribution in [0.2, 0.25) is 0 Å². The molecule has 1 aliphatic rings. The van der Waals surface area contributed by atoms with Gasteiger partial charge in [0.25, 0.3) is 0 Å². The number of pyridine rings is 1. The molecule has 124 valence electrons. The van der Waals surface area contributed by atoms with Crippen molar-refractivity contribution in [2.24, 2.45) is 0 Å². The Balaban J connectivity index is 1.59. The third-order valence-corrected chi connectivity index (χ3v) is 4.10. The molecule has 3 rings (SSSR count). The fraction of sp³-hybridized carbons (Fsp3) is 0.588. The minimum absolute atomic E-state index is 0.0233. The Hall–Kier alpha value is -1.79. The van der Waals surface area contributed by atoms with E-state index in [1.54, 1.807) is 0 Å². The molecule has 1 fully saturated rings. The SMILES string of the molecule is CC(C)(C)c1n[nH]c([C@@H]2CN(CCc3ccncc3)CCO2)n1. The molecule has 6 nitrogen and oxygen atoms in total. The number of nitrogens with zero attached hydrogens (tertiary/aromatic N) is 4. The van der Waals surface area contributed by atoms with E-state index in [4.69, 9.17) is 4.74 Å². The average Bonchev–Trinajstić information content (AvgIpc) is 3.05. The van der Waals surface area contributed by atoms with Crippen LogP contribution in [0.5, 0.6) is 0 Å². The molecule has 0 aliphatic carbocycles. The monoisotopic (exact) mass is 315 g/mol. The molecule has 1 N–H and O–H groups in total. The lowest BCUT2D eigenvalue weighted by molar-refractivity contribution is -0.0338. The van der Waals surface area contributed by atoms with Crippen molar-refractivity contribution in [3.8, 4) is 0 Å². The van der Waals surface area contributed by atoms with Crippen LogP contribution in [0, 0.1) is 0 Å². The van der Waals surface area contributed by atoms with Crippen LogP contribution in [-0.2, 0) is 16.6 Å². The number of hydrogen-bond acceptors (Lipinski definition) is 5. The van der Waals surface area contributed by atoms with Gasteiger partial charge in [-0.2, -0.15) is 5.10 Å². The van der Waals surface area contributed by atoms with E-state index in [0.717, 1.165) is 44.3 Å². The van der Waals surface area contributed by atoms with Gasteiger partial charge in [-0.3, -0.25) is 15.0 Å². The van der Waals surface area contributed by atoms with Gasteiger partial charge in [0.1, 0.15) is 6.10 Å². The van der Waals surface area contributed by atoms with E-state index < -0.39 is 0 Å². The molecule has 0 spiro atoms. The summed E-state index contributed by atoms with van der Waals surface area (Å²) in [7, 11) is 0. The second-order valence-electron chi connectivity index (χ2n) is 7.06. The van der Waals surface area contributed by atoms with E-state index in [1.165, 1.54) is 5.56 Å². The number of aromatic amines is 1. The zero-order chi connectivity index (χ0) is 16.3. The maximum Gasteiger partial charge on any atom is 0.156 e. The highest BCUT2D eigenvalue weighted by Gasteiger charge is 2.27. The Morgan fingerprint density at radius 2 is 2.09 bits per heavy atom. The third-order valence-electron chi connectivity index (χ3n) is 4.10. The lowest BCUT2D eigenvalue weighted by atomic mass is 9.96. The number of ether oxygens (including phenoxy) is 1. The first-order valence-corrected chi connectivity index (χ1v) is 8.18. The molecule has 23 heavy (non-hydrogen) atoms. The summed E-state index contributed by atoms with van der Waals surface area (Å²) in [5.41, 5.74) is 1.27. The van der Waals surface area contributed by atoms with Crippen LogP contribution in [0.3, 0.4) is 0 Å². The van der Waals surface area contributed by atoms with E-state index >= 15 is 0 Å². The Labute approximate surface area is 137 Å². The minimum Gasteiger partial charge on any atom is -0.368 e. The normalized spacial score (nSPS) is 19.9. The summed E-state index contributed by atoms with van der Waals surface area (Å²) in [6.45, 7) is 9.90. The largest absolute Gasteiger partial charge is 0.368 e. The Morgan fingerprint density at radius 1 is 1.30 bits per heavy atom. The second-order valence-corrected chi connectivity index (χ2v) is 7.06. The van der Waals surface area contributed by atoms with Crippen molar-refractivity contribution >= 4 is 0 Å². The zero-order valence-electron chi connectivity index (χ0n) is 14.1. The smallest absolute Gasteiger partial charge is 0.156 e. The third kappa shape index (κ3) is 4.14. The van der Waals surface area contributed by atoms with Crippen LogP contribution < -0.4 is 0 Å². The zero-order valence-corrected chi connectivity index (χ0v) is 14.1. The van der Waals surface area contributed by atoms with Gasteiger partial charge < -0.3 is 4.74 Å². The van der Waals surface area contributed by atoms with Crippen LogP contribution in [0.15, 0.2) is 24.5 Å². The summed E-state index contributed by atoms with van der Waals surface area (Å²) < 4.78 is 5.89. The van der Waals surface area contributed by atoms with Crippen molar-refractivity contribution < 1.29 is 4.74 Å². The Bertz CT molecular complexity index is 619. The van der Waals surface area contributed by atoms with Crippen LogP contribution >= 0.6 is 0 Å². The first kappa shape index (κ1) is 16.1. The molecule has 0 bridgehead atoms. The number of hydrogen-bond donors (Lipinski definition) is 1. The second kappa shape index (κ2) is 6.76.